The highest BCUT2D eigenvalue weighted by molar-refractivity contribution is 4.74. The summed E-state index contributed by atoms with van der Waals surface area (Å²) in [7, 11) is 0. The minimum absolute atomic E-state index is 0.409. The van der Waals surface area contributed by atoms with E-state index in [1.54, 1.807) is 0 Å². The van der Waals surface area contributed by atoms with E-state index in [-0.39, 0.29) is 0 Å². The zero-order chi connectivity index (χ0) is 10.2. The summed E-state index contributed by atoms with van der Waals surface area (Å²) in [6.45, 7) is 8.42. The van der Waals surface area contributed by atoms with Crippen molar-refractivity contribution in [3.05, 3.63) is 0 Å². The van der Waals surface area contributed by atoms with E-state index in [1.165, 1.54) is 6.42 Å². The monoisotopic (exact) mass is 187 g/mol. The Morgan fingerprint density at radius 1 is 1.08 bits per heavy atom. The van der Waals surface area contributed by atoms with E-state index in [1.807, 2.05) is 0 Å². The molecular formula is C11H25NO. The summed E-state index contributed by atoms with van der Waals surface area (Å²) in [5, 5.41) is 13.3. The summed E-state index contributed by atoms with van der Waals surface area (Å²) < 4.78 is 0. The SMILES string of the molecule is CCCNCCCC(O)(CC)CC. The van der Waals surface area contributed by atoms with Crippen LogP contribution in [0.3, 0.4) is 0 Å². The quantitative estimate of drug-likeness (QED) is 0.572. The van der Waals surface area contributed by atoms with Crippen molar-refractivity contribution in [2.75, 3.05) is 13.1 Å². The van der Waals surface area contributed by atoms with Gasteiger partial charge in [-0.15, -0.1) is 0 Å². The standard InChI is InChI=1S/C11H25NO/c1-4-9-12-10-7-8-11(13,5-2)6-3/h12-13H,4-10H2,1-3H3. The molecule has 0 radical (unpaired) electrons. The fourth-order valence-electron chi connectivity index (χ4n) is 1.45. The van der Waals surface area contributed by atoms with Gasteiger partial charge in [-0.05, 0) is 45.2 Å². The van der Waals surface area contributed by atoms with E-state index in [0.717, 1.165) is 38.8 Å². The number of hydrogen-bond acceptors (Lipinski definition) is 2. The van der Waals surface area contributed by atoms with Gasteiger partial charge in [0.25, 0.3) is 0 Å². The Morgan fingerprint density at radius 3 is 2.15 bits per heavy atom. The lowest BCUT2D eigenvalue weighted by atomic mass is 9.92. The molecule has 0 aliphatic rings. The van der Waals surface area contributed by atoms with Crippen molar-refractivity contribution in [3.8, 4) is 0 Å². The van der Waals surface area contributed by atoms with E-state index in [2.05, 4.69) is 26.1 Å². The van der Waals surface area contributed by atoms with Crippen LogP contribution in [0.2, 0.25) is 0 Å². The summed E-state index contributed by atoms with van der Waals surface area (Å²) in [6.07, 6.45) is 4.94. The van der Waals surface area contributed by atoms with Gasteiger partial charge in [0.15, 0.2) is 0 Å². The van der Waals surface area contributed by atoms with Crippen LogP contribution in [0.4, 0.5) is 0 Å². The molecule has 13 heavy (non-hydrogen) atoms. The number of rotatable bonds is 8. The maximum absolute atomic E-state index is 9.96. The Kier molecular flexibility index (Phi) is 7.29. The number of nitrogens with one attached hydrogen (secondary N) is 1. The van der Waals surface area contributed by atoms with Gasteiger partial charge < -0.3 is 10.4 Å². The first-order chi connectivity index (χ1) is 6.18. The van der Waals surface area contributed by atoms with Crippen LogP contribution >= 0.6 is 0 Å². The molecule has 0 amide bonds. The van der Waals surface area contributed by atoms with Crippen LogP contribution in [0.25, 0.3) is 0 Å². The maximum Gasteiger partial charge on any atom is 0.0643 e. The average Bonchev–Trinajstić information content (AvgIpc) is 2.17. The van der Waals surface area contributed by atoms with Gasteiger partial charge in [0, 0.05) is 0 Å². The van der Waals surface area contributed by atoms with Gasteiger partial charge in [0.2, 0.25) is 0 Å². The summed E-state index contributed by atoms with van der Waals surface area (Å²) >= 11 is 0. The van der Waals surface area contributed by atoms with Gasteiger partial charge in [0.1, 0.15) is 0 Å². The molecule has 0 bridgehead atoms. The molecule has 2 N–H and O–H groups in total. The second-order valence-electron chi connectivity index (χ2n) is 3.79. The zero-order valence-electron chi connectivity index (χ0n) is 9.40. The highest BCUT2D eigenvalue weighted by Crippen LogP contribution is 2.20. The first-order valence-corrected chi connectivity index (χ1v) is 5.61. The average molecular weight is 187 g/mol. The summed E-state index contributed by atoms with van der Waals surface area (Å²) in [5.41, 5.74) is -0.409. The molecule has 0 aliphatic heterocycles. The fraction of sp³-hybridized carbons (Fsp3) is 1.00. The van der Waals surface area contributed by atoms with Crippen molar-refractivity contribution < 1.29 is 5.11 Å². The van der Waals surface area contributed by atoms with E-state index in [0.29, 0.717) is 0 Å². The normalized spacial score (nSPS) is 12.0. The third kappa shape index (κ3) is 6.05. The largest absolute Gasteiger partial charge is 0.390 e. The third-order valence-corrected chi connectivity index (χ3v) is 2.74. The molecule has 0 atom stereocenters. The summed E-state index contributed by atoms with van der Waals surface area (Å²) in [4.78, 5) is 0. The van der Waals surface area contributed by atoms with Crippen LogP contribution in [-0.2, 0) is 0 Å². The van der Waals surface area contributed by atoms with Crippen LogP contribution in [-0.4, -0.2) is 23.8 Å². The van der Waals surface area contributed by atoms with Crippen LogP contribution in [0.1, 0.15) is 52.9 Å². The van der Waals surface area contributed by atoms with Gasteiger partial charge in [0.05, 0.1) is 5.60 Å². The van der Waals surface area contributed by atoms with Crippen LogP contribution in [0.15, 0.2) is 0 Å². The molecule has 0 aromatic carbocycles. The van der Waals surface area contributed by atoms with Crippen molar-refractivity contribution >= 4 is 0 Å². The topological polar surface area (TPSA) is 32.3 Å². The molecule has 80 valence electrons. The van der Waals surface area contributed by atoms with Crippen molar-refractivity contribution in [1.29, 1.82) is 0 Å². The van der Waals surface area contributed by atoms with Crippen molar-refractivity contribution in [3.63, 3.8) is 0 Å². The van der Waals surface area contributed by atoms with Crippen LogP contribution in [0.5, 0.6) is 0 Å². The van der Waals surface area contributed by atoms with E-state index >= 15 is 0 Å². The first kappa shape index (κ1) is 12.9. The lowest BCUT2D eigenvalue weighted by Crippen LogP contribution is -2.28. The zero-order valence-corrected chi connectivity index (χ0v) is 9.40. The van der Waals surface area contributed by atoms with Gasteiger partial charge >= 0.3 is 0 Å². The molecule has 0 saturated carbocycles. The number of aliphatic hydroxyl groups is 1. The van der Waals surface area contributed by atoms with E-state index in [4.69, 9.17) is 0 Å². The fourth-order valence-corrected chi connectivity index (χ4v) is 1.45. The van der Waals surface area contributed by atoms with Gasteiger partial charge in [-0.2, -0.15) is 0 Å². The molecule has 2 nitrogen and oxygen atoms in total. The van der Waals surface area contributed by atoms with Gasteiger partial charge in [-0.25, -0.2) is 0 Å². The Labute approximate surface area is 82.7 Å². The second-order valence-corrected chi connectivity index (χ2v) is 3.79. The highest BCUT2D eigenvalue weighted by Gasteiger charge is 2.20. The number of hydrogen-bond donors (Lipinski definition) is 2. The maximum atomic E-state index is 9.96. The van der Waals surface area contributed by atoms with Crippen LogP contribution in [0, 0.1) is 0 Å². The Morgan fingerprint density at radius 2 is 1.69 bits per heavy atom. The molecule has 0 aromatic rings. The molecule has 0 heterocycles. The molecule has 0 rings (SSSR count). The minimum Gasteiger partial charge on any atom is -0.390 e. The van der Waals surface area contributed by atoms with Crippen LogP contribution < -0.4 is 5.32 Å². The molecular weight excluding hydrogens is 162 g/mol. The molecule has 0 aliphatic carbocycles. The van der Waals surface area contributed by atoms with E-state index < -0.39 is 5.60 Å². The van der Waals surface area contributed by atoms with Crippen molar-refractivity contribution in [2.45, 2.75) is 58.5 Å². The highest BCUT2D eigenvalue weighted by atomic mass is 16.3. The predicted octanol–water partition coefficient (Wildman–Crippen LogP) is 2.32. The predicted molar refractivity (Wildman–Crippen MR) is 57.9 cm³/mol. The summed E-state index contributed by atoms with van der Waals surface area (Å²) in [6, 6.07) is 0. The van der Waals surface area contributed by atoms with Crippen molar-refractivity contribution in [1.82, 2.24) is 5.32 Å². The molecule has 0 saturated heterocycles. The third-order valence-electron chi connectivity index (χ3n) is 2.74. The molecule has 0 spiro atoms. The lowest BCUT2D eigenvalue weighted by molar-refractivity contribution is 0.0218. The molecule has 0 unspecified atom stereocenters. The lowest BCUT2D eigenvalue weighted by Gasteiger charge is -2.24. The smallest absolute Gasteiger partial charge is 0.0643 e. The van der Waals surface area contributed by atoms with Gasteiger partial charge in [-0.1, -0.05) is 20.8 Å². The molecule has 2 heteroatoms. The molecule has 0 fully saturated rings. The van der Waals surface area contributed by atoms with Gasteiger partial charge in [-0.3, -0.25) is 0 Å². The Balaban J connectivity index is 3.39. The summed E-state index contributed by atoms with van der Waals surface area (Å²) in [5.74, 6) is 0. The van der Waals surface area contributed by atoms with E-state index in [9.17, 15) is 5.11 Å². The Hall–Kier alpha value is -0.0800. The van der Waals surface area contributed by atoms with Crippen molar-refractivity contribution in [2.24, 2.45) is 0 Å². The second kappa shape index (κ2) is 7.34. The minimum atomic E-state index is -0.409. The first-order valence-electron chi connectivity index (χ1n) is 5.61. The Bertz CT molecular complexity index is 111. The molecule has 0 aromatic heterocycles.